The van der Waals surface area contributed by atoms with Crippen molar-refractivity contribution in [3.8, 4) is 5.75 Å². The standard InChI is InChI=1S/C22H30N2O3S/c1-2-3-5-17-14-18-6-4-10-23-22(18)21(15-17)27-20-7-11-24(12-8-20)19-9-13-28(25,26)16-19/h4,6,10,14-15,19-20H,2-3,5,7-9,11-13,16H2,1H3. The van der Waals surface area contributed by atoms with E-state index < -0.39 is 9.84 Å². The largest absolute Gasteiger partial charge is 0.488 e. The van der Waals surface area contributed by atoms with E-state index in [1.807, 2.05) is 12.3 Å². The first-order valence-corrected chi connectivity index (χ1v) is 12.3. The van der Waals surface area contributed by atoms with Gasteiger partial charge in [0, 0.05) is 30.7 Å². The van der Waals surface area contributed by atoms with Crippen molar-refractivity contribution in [3.05, 3.63) is 36.0 Å². The number of hydrogen-bond donors (Lipinski definition) is 0. The highest BCUT2D eigenvalue weighted by Gasteiger charge is 2.34. The van der Waals surface area contributed by atoms with Crippen LogP contribution in [0.1, 0.15) is 44.6 Å². The third-order valence-electron chi connectivity index (χ3n) is 6.04. The van der Waals surface area contributed by atoms with Crippen molar-refractivity contribution in [1.82, 2.24) is 9.88 Å². The first-order chi connectivity index (χ1) is 13.5. The average molecular weight is 403 g/mol. The van der Waals surface area contributed by atoms with Crippen molar-refractivity contribution in [2.75, 3.05) is 24.6 Å². The molecule has 2 fully saturated rings. The first-order valence-electron chi connectivity index (χ1n) is 10.5. The van der Waals surface area contributed by atoms with Gasteiger partial charge in [-0.3, -0.25) is 9.88 Å². The highest BCUT2D eigenvalue weighted by Crippen LogP contribution is 2.30. The Morgan fingerprint density at radius 3 is 2.75 bits per heavy atom. The quantitative estimate of drug-likeness (QED) is 0.739. The molecule has 6 heteroatoms. The molecule has 0 N–H and O–H groups in total. The second-order valence-electron chi connectivity index (χ2n) is 8.18. The third kappa shape index (κ3) is 4.49. The summed E-state index contributed by atoms with van der Waals surface area (Å²) in [6.45, 7) is 4.03. The van der Waals surface area contributed by atoms with E-state index in [1.165, 1.54) is 18.4 Å². The summed E-state index contributed by atoms with van der Waals surface area (Å²) < 4.78 is 30.0. The molecule has 2 aromatic rings. The first kappa shape index (κ1) is 19.6. The van der Waals surface area contributed by atoms with Gasteiger partial charge in [-0.2, -0.15) is 0 Å². The minimum absolute atomic E-state index is 0.167. The molecule has 4 rings (SSSR count). The Balaban J connectivity index is 1.44. The highest BCUT2D eigenvalue weighted by molar-refractivity contribution is 7.91. The summed E-state index contributed by atoms with van der Waals surface area (Å²) in [5.41, 5.74) is 2.25. The fourth-order valence-corrected chi connectivity index (χ4v) is 6.20. The molecular weight excluding hydrogens is 372 g/mol. The number of hydrogen-bond acceptors (Lipinski definition) is 5. The molecular formula is C22H30N2O3S. The van der Waals surface area contributed by atoms with Crippen LogP contribution in [0.25, 0.3) is 10.9 Å². The van der Waals surface area contributed by atoms with Crippen molar-refractivity contribution < 1.29 is 13.2 Å². The van der Waals surface area contributed by atoms with E-state index in [4.69, 9.17) is 4.74 Å². The number of ether oxygens (including phenoxy) is 1. The number of nitrogens with zero attached hydrogens (tertiary/aromatic N) is 2. The van der Waals surface area contributed by atoms with Crippen LogP contribution in [0.5, 0.6) is 5.75 Å². The van der Waals surface area contributed by atoms with Gasteiger partial charge in [-0.1, -0.05) is 19.4 Å². The van der Waals surface area contributed by atoms with Crippen molar-refractivity contribution >= 4 is 20.7 Å². The number of aryl methyl sites for hydroxylation is 1. The lowest BCUT2D eigenvalue weighted by atomic mass is 10.0. The third-order valence-corrected chi connectivity index (χ3v) is 7.79. The summed E-state index contributed by atoms with van der Waals surface area (Å²) in [5.74, 6) is 1.56. The van der Waals surface area contributed by atoms with Gasteiger partial charge in [0.1, 0.15) is 17.4 Å². The molecule has 1 unspecified atom stereocenters. The maximum atomic E-state index is 11.8. The van der Waals surface area contributed by atoms with Crippen LogP contribution in [0.15, 0.2) is 30.5 Å². The summed E-state index contributed by atoms with van der Waals surface area (Å²) >= 11 is 0. The van der Waals surface area contributed by atoms with E-state index in [1.54, 1.807) is 0 Å². The van der Waals surface area contributed by atoms with E-state index in [9.17, 15) is 8.42 Å². The maximum Gasteiger partial charge on any atom is 0.151 e. The number of sulfone groups is 1. The summed E-state index contributed by atoms with van der Waals surface area (Å²) in [6, 6.07) is 8.68. The minimum Gasteiger partial charge on any atom is -0.488 e. The molecule has 1 aromatic carbocycles. The van der Waals surface area contributed by atoms with Crippen molar-refractivity contribution in [3.63, 3.8) is 0 Å². The van der Waals surface area contributed by atoms with Gasteiger partial charge in [-0.05, 0) is 55.9 Å². The Hall–Kier alpha value is -1.66. The molecule has 1 atom stereocenters. The second kappa shape index (κ2) is 8.37. The molecule has 0 aliphatic carbocycles. The van der Waals surface area contributed by atoms with Crippen LogP contribution < -0.4 is 4.74 Å². The Morgan fingerprint density at radius 2 is 2.04 bits per heavy atom. The Bertz CT molecular complexity index is 921. The predicted octanol–water partition coefficient (Wildman–Crippen LogP) is 3.61. The molecule has 2 saturated heterocycles. The molecule has 0 bridgehead atoms. The molecule has 3 heterocycles. The van der Waals surface area contributed by atoms with Crippen molar-refractivity contribution in [1.29, 1.82) is 0 Å². The predicted molar refractivity (Wildman–Crippen MR) is 113 cm³/mol. The Morgan fingerprint density at radius 1 is 1.21 bits per heavy atom. The topological polar surface area (TPSA) is 59.5 Å². The van der Waals surface area contributed by atoms with Crippen LogP contribution >= 0.6 is 0 Å². The summed E-state index contributed by atoms with van der Waals surface area (Å²) in [7, 11) is -2.82. The molecule has 0 amide bonds. The average Bonchev–Trinajstić information content (AvgIpc) is 3.07. The molecule has 2 aliphatic heterocycles. The lowest BCUT2D eigenvalue weighted by molar-refractivity contribution is 0.0823. The van der Waals surface area contributed by atoms with E-state index in [-0.39, 0.29) is 12.1 Å². The van der Waals surface area contributed by atoms with Crippen LogP contribution in [0.4, 0.5) is 0 Å². The van der Waals surface area contributed by atoms with Crippen LogP contribution in [0, 0.1) is 0 Å². The summed E-state index contributed by atoms with van der Waals surface area (Å²) in [5, 5.41) is 1.14. The molecule has 152 valence electrons. The Labute approximate surface area is 168 Å². The summed E-state index contributed by atoms with van der Waals surface area (Å²) in [6.07, 6.45) is 8.05. The zero-order valence-corrected chi connectivity index (χ0v) is 17.5. The monoisotopic (exact) mass is 402 g/mol. The molecule has 28 heavy (non-hydrogen) atoms. The Kier molecular flexibility index (Phi) is 5.88. The second-order valence-corrected chi connectivity index (χ2v) is 10.4. The van der Waals surface area contributed by atoms with Gasteiger partial charge in [0.05, 0.1) is 11.5 Å². The number of aromatic nitrogens is 1. The van der Waals surface area contributed by atoms with E-state index >= 15 is 0 Å². The smallest absolute Gasteiger partial charge is 0.151 e. The molecule has 2 aliphatic rings. The van der Waals surface area contributed by atoms with Crippen LogP contribution in [-0.2, 0) is 16.3 Å². The number of pyridine rings is 1. The zero-order chi connectivity index (χ0) is 19.6. The SMILES string of the molecule is CCCCc1cc(OC2CCN(C3CCS(=O)(=O)C3)CC2)c2ncccc2c1. The summed E-state index contributed by atoms with van der Waals surface area (Å²) in [4.78, 5) is 6.91. The molecule has 0 spiro atoms. The number of piperidine rings is 1. The van der Waals surface area contributed by atoms with E-state index in [2.05, 4.69) is 35.0 Å². The zero-order valence-electron chi connectivity index (χ0n) is 16.6. The number of unbranched alkanes of at least 4 members (excludes halogenated alkanes) is 1. The lowest BCUT2D eigenvalue weighted by Gasteiger charge is -2.35. The van der Waals surface area contributed by atoms with Gasteiger partial charge in [0.25, 0.3) is 0 Å². The number of rotatable bonds is 6. The van der Waals surface area contributed by atoms with Gasteiger partial charge in [-0.15, -0.1) is 0 Å². The molecule has 0 saturated carbocycles. The fraction of sp³-hybridized carbons (Fsp3) is 0.591. The van der Waals surface area contributed by atoms with Crippen molar-refractivity contribution in [2.45, 2.75) is 57.6 Å². The fourth-order valence-electron chi connectivity index (χ4n) is 4.44. The van der Waals surface area contributed by atoms with Gasteiger partial charge >= 0.3 is 0 Å². The molecule has 0 radical (unpaired) electrons. The minimum atomic E-state index is -2.82. The van der Waals surface area contributed by atoms with Gasteiger partial charge in [0.15, 0.2) is 9.84 Å². The molecule has 5 nitrogen and oxygen atoms in total. The van der Waals surface area contributed by atoms with Gasteiger partial charge in [0.2, 0.25) is 0 Å². The van der Waals surface area contributed by atoms with Crippen LogP contribution in [0.3, 0.4) is 0 Å². The lowest BCUT2D eigenvalue weighted by Crippen LogP contribution is -2.44. The van der Waals surface area contributed by atoms with Gasteiger partial charge in [-0.25, -0.2) is 8.42 Å². The van der Waals surface area contributed by atoms with Crippen molar-refractivity contribution in [2.24, 2.45) is 0 Å². The van der Waals surface area contributed by atoms with Gasteiger partial charge < -0.3 is 4.74 Å². The highest BCUT2D eigenvalue weighted by atomic mass is 32.2. The van der Waals surface area contributed by atoms with Crippen LogP contribution in [0.2, 0.25) is 0 Å². The maximum absolute atomic E-state index is 11.8. The number of benzene rings is 1. The van der Waals surface area contributed by atoms with E-state index in [0.717, 1.165) is 55.4 Å². The number of fused-ring (bicyclic) bond motifs is 1. The van der Waals surface area contributed by atoms with Crippen LogP contribution in [-0.4, -0.2) is 55.0 Å². The number of likely N-dealkylation sites (tertiary alicyclic amines) is 1. The molecule has 1 aromatic heterocycles. The normalized spacial score (nSPS) is 23.2. The van der Waals surface area contributed by atoms with E-state index in [0.29, 0.717) is 11.5 Å².